The maximum absolute atomic E-state index is 11.5. The molecule has 0 N–H and O–H groups in total. The fourth-order valence-corrected chi connectivity index (χ4v) is 2.83. The van der Waals surface area contributed by atoms with E-state index in [2.05, 4.69) is 13.8 Å². The molecule has 0 aliphatic carbocycles. The average Bonchev–Trinajstić information content (AvgIpc) is 2.51. The second-order valence-corrected chi connectivity index (χ2v) is 8.10. The first kappa shape index (κ1) is 37.1. The standard InChI is InChI=1S/C16H34O4S.2Na.H2O4S/c1-3-5-7-9-11-13-15-19-21(17,18)20-16-14-12-10-8-6-4-2;;;1-5(2,3)4/h3-16H2,1-2H3;;;(H2,1,2,3,4)/q;2*+1;/p-2. The molecule has 0 saturated carbocycles. The third-order valence-corrected chi connectivity index (χ3v) is 4.36. The summed E-state index contributed by atoms with van der Waals surface area (Å²) in [5.74, 6) is 0. The van der Waals surface area contributed by atoms with E-state index in [-0.39, 0.29) is 72.3 Å². The summed E-state index contributed by atoms with van der Waals surface area (Å²) in [6.07, 6.45) is 13.3. The SMILES string of the molecule is CCCCCCCCOS(=O)(=O)OCCCCCCCC.O=S(=O)([O-])[O-].[Na+].[Na+]. The van der Waals surface area contributed by atoms with Crippen molar-refractivity contribution in [1.82, 2.24) is 0 Å². The minimum absolute atomic E-state index is 0. The van der Waals surface area contributed by atoms with Gasteiger partial charge in [-0.15, -0.1) is 0 Å². The van der Waals surface area contributed by atoms with Crippen LogP contribution in [0.2, 0.25) is 0 Å². The van der Waals surface area contributed by atoms with Crippen LogP contribution < -0.4 is 59.1 Å². The average molecular weight is 465 g/mol. The van der Waals surface area contributed by atoms with Gasteiger partial charge in [-0.25, -0.2) is 8.37 Å². The van der Waals surface area contributed by atoms with Crippen LogP contribution in [0.4, 0.5) is 0 Å². The summed E-state index contributed by atoms with van der Waals surface area (Å²) in [5.41, 5.74) is 0. The number of rotatable bonds is 16. The van der Waals surface area contributed by atoms with Crippen LogP contribution in [-0.2, 0) is 29.2 Å². The number of hydrogen-bond acceptors (Lipinski definition) is 8. The fraction of sp³-hybridized carbons (Fsp3) is 1.00. The smallest absolute Gasteiger partial charge is 0.759 e. The zero-order valence-corrected chi connectivity index (χ0v) is 23.6. The Morgan fingerprint density at radius 3 is 1.11 bits per heavy atom. The quantitative estimate of drug-likeness (QED) is 0.107. The molecule has 0 fully saturated rings. The van der Waals surface area contributed by atoms with Crippen molar-refractivity contribution in [2.45, 2.75) is 90.9 Å². The number of unbranched alkanes of at least 4 members (excludes halogenated alkanes) is 10. The second-order valence-electron chi connectivity index (χ2n) is 6.00. The Morgan fingerprint density at radius 1 is 0.571 bits per heavy atom. The Hall–Kier alpha value is 1.74. The van der Waals surface area contributed by atoms with Crippen molar-refractivity contribution in [3.8, 4) is 0 Å². The van der Waals surface area contributed by atoms with Crippen LogP contribution in [-0.4, -0.2) is 39.2 Å². The molecule has 28 heavy (non-hydrogen) atoms. The van der Waals surface area contributed by atoms with Gasteiger partial charge in [0.15, 0.2) is 0 Å². The number of hydrogen-bond donors (Lipinski definition) is 0. The third kappa shape index (κ3) is 42.0. The maximum atomic E-state index is 11.5. The summed E-state index contributed by atoms with van der Waals surface area (Å²) in [6.45, 7) is 4.84. The molecule has 0 aromatic heterocycles. The van der Waals surface area contributed by atoms with E-state index in [4.69, 9.17) is 25.9 Å². The Bertz CT molecular complexity index is 467. The van der Waals surface area contributed by atoms with Crippen LogP contribution >= 0.6 is 0 Å². The van der Waals surface area contributed by atoms with E-state index in [0.717, 1.165) is 38.5 Å². The fourth-order valence-electron chi connectivity index (χ4n) is 2.12. The van der Waals surface area contributed by atoms with Crippen molar-refractivity contribution in [2.24, 2.45) is 0 Å². The van der Waals surface area contributed by atoms with Gasteiger partial charge in [-0.05, 0) is 12.8 Å². The third-order valence-electron chi connectivity index (χ3n) is 3.45. The molecule has 0 saturated heterocycles. The summed E-state index contributed by atoms with van der Waals surface area (Å²) in [7, 11) is -8.94. The first-order valence-corrected chi connectivity index (χ1v) is 12.0. The molecule has 0 heterocycles. The predicted octanol–water partition coefficient (Wildman–Crippen LogP) is -2.34. The van der Waals surface area contributed by atoms with Gasteiger partial charge in [0.25, 0.3) is 0 Å². The molecule has 0 atom stereocenters. The van der Waals surface area contributed by atoms with Crippen molar-refractivity contribution in [3.05, 3.63) is 0 Å². The van der Waals surface area contributed by atoms with Gasteiger partial charge in [0, 0.05) is 10.4 Å². The van der Waals surface area contributed by atoms with Gasteiger partial charge in [0.05, 0.1) is 13.2 Å². The molecule has 0 spiro atoms. The van der Waals surface area contributed by atoms with Crippen LogP contribution in [0, 0.1) is 0 Å². The molecule has 0 amide bonds. The van der Waals surface area contributed by atoms with Crippen molar-refractivity contribution in [1.29, 1.82) is 0 Å². The molecule has 0 bridgehead atoms. The van der Waals surface area contributed by atoms with E-state index >= 15 is 0 Å². The summed E-state index contributed by atoms with van der Waals surface area (Å²) in [5, 5.41) is 0. The van der Waals surface area contributed by atoms with E-state index in [1.165, 1.54) is 38.5 Å². The minimum atomic E-state index is -5.17. The topological polar surface area (TPSA) is 133 Å². The molecule has 0 aliphatic rings. The molecular formula is C16H34Na2O8S2. The minimum Gasteiger partial charge on any atom is -0.759 e. The molecule has 0 aliphatic heterocycles. The Morgan fingerprint density at radius 2 is 0.821 bits per heavy atom. The summed E-state index contributed by atoms with van der Waals surface area (Å²) in [4.78, 5) is 0. The molecule has 0 radical (unpaired) electrons. The molecule has 8 nitrogen and oxygen atoms in total. The van der Waals surface area contributed by atoms with Crippen LogP contribution in [0.25, 0.3) is 0 Å². The van der Waals surface area contributed by atoms with Crippen molar-refractivity contribution < 1.29 is 93.4 Å². The molecule has 0 rings (SSSR count). The summed E-state index contributed by atoms with van der Waals surface area (Å²) < 4.78 is 66.7. The van der Waals surface area contributed by atoms with Crippen LogP contribution in [0.5, 0.6) is 0 Å². The van der Waals surface area contributed by atoms with Crippen LogP contribution in [0.1, 0.15) is 90.9 Å². The van der Waals surface area contributed by atoms with E-state index in [0.29, 0.717) is 0 Å². The van der Waals surface area contributed by atoms with Gasteiger partial charge in [-0.3, -0.25) is 8.42 Å². The molecule has 0 aromatic rings. The normalized spacial score (nSPS) is 11.0. The first-order chi connectivity index (χ1) is 12.1. The van der Waals surface area contributed by atoms with Gasteiger partial charge in [0.2, 0.25) is 0 Å². The van der Waals surface area contributed by atoms with Crippen molar-refractivity contribution >= 4 is 20.8 Å². The van der Waals surface area contributed by atoms with Gasteiger partial charge in [-0.2, -0.15) is 8.42 Å². The molecule has 0 aromatic carbocycles. The summed E-state index contributed by atoms with van der Waals surface area (Å²) in [6, 6.07) is 0. The maximum Gasteiger partial charge on any atom is 1.00 e. The second kappa shape index (κ2) is 25.0. The zero-order valence-electron chi connectivity index (χ0n) is 18.0. The van der Waals surface area contributed by atoms with Gasteiger partial charge >= 0.3 is 69.5 Å². The Labute approximate surface area is 216 Å². The monoisotopic (exact) mass is 464 g/mol. The molecular weight excluding hydrogens is 430 g/mol. The first-order valence-electron chi connectivity index (χ1n) is 9.32. The van der Waals surface area contributed by atoms with E-state index in [1.54, 1.807) is 0 Å². The molecule has 160 valence electrons. The van der Waals surface area contributed by atoms with E-state index in [9.17, 15) is 8.42 Å². The molecule has 0 unspecified atom stereocenters. The van der Waals surface area contributed by atoms with Crippen molar-refractivity contribution in [2.75, 3.05) is 13.2 Å². The molecule has 12 heteroatoms. The largest absolute Gasteiger partial charge is 1.00 e. The Kier molecular flexibility index (Phi) is 33.1. The van der Waals surface area contributed by atoms with Crippen molar-refractivity contribution in [3.63, 3.8) is 0 Å². The van der Waals surface area contributed by atoms with E-state index in [1.807, 2.05) is 0 Å². The van der Waals surface area contributed by atoms with Gasteiger partial charge in [-0.1, -0.05) is 78.1 Å². The van der Waals surface area contributed by atoms with Crippen LogP contribution in [0.3, 0.4) is 0 Å². The van der Waals surface area contributed by atoms with Gasteiger partial charge < -0.3 is 9.11 Å². The van der Waals surface area contributed by atoms with E-state index < -0.39 is 20.8 Å². The summed E-state index contributed by atoms with van der Waals surface area (Å²) >= 11 is 0. The van der Waals surface area contributed by atoms with Gasteiger partial charge in [0.1, 0.15) is 0 Å². The van der Waals surface area contributed by atoms with Crippen LogP contribution in [0.15, 0.2) is 0 Å². The predicted molar refractivity (Wildman–Crippen MR) is 98.1 cm³/mol. The zero-order chi connectivity index (χ0) is 20.3. The Balaban J connectivity index is -0.000000364.